The molecule has 0 atom stereocenters. The van der Waals surface area contributed by atoms with Gasteiger partial charge in [0.15, 0.2) is 0 Å². The fraction of sp³-hybridized carbons (Fsp3) is 0.0270. The zero-order valence-electron chi connectivity index (χ0n) is 22.1. The first-order valence-electron chi connectivity index (χ1n) is 13.4. The van der Waals surface area contributed by atoms with E-state index in [-0.39, 0.29) is 23.0 Å². The molecule has 0 amide bonds. The molecule has 0 unspecified atom stereocenters. The Morgan fingerprint density at radius 1 is 0.341 bits per heavy atom. The Kier molecular flexibility index (Phi) is 6.88. The van der Waals surface area contributed by atoms with E-state index in [1.54, 1.807) is 48.5 Å². The van der Waals surface area contributed by atoms with Crippen molar-refractivity contribution in [1.29, 1.82) is 0 Å². The minimum absolute atomic E-state index is 0.0125. The van der Waals surface area contributed by atoms with Gasteiger partial charge in [-0.05, 0) is 28.8 Å². The highest BCUT2D eigenvalue weighted by molar-refractivity contribution is 5.80. The molecular formula is C37H28O4. The highest BCUT2D eigenvalue weighted by Gasteiger charge is 2.26. The van der Waals surface area contributed by atoms with Crippen LogP contribution in [0, 0.1) is 0 Å². The monoisotopic (exact) mass is 536 g/mol. The van der Waals surface area contributed by atoms with Crippen molar-refractivity contribution in [2.24, 2.45) is 0 Å². The van der Waals surface area contributed by atoms with E-state index in [0.29, 0.717) is 33.4 Å². The first-order valence-corrected chi connectivity index (χ1v) is 13.4. The van der Waals surface area contributed by atoms with Crippen LogP contribution in [0.15, 0.2) is 140 Å². The second kappa shape index (κ2) is 10.9. The van der Waals surface area contributed by atoms with Crippen LogP contribution in [0.2, 0.25) is 0 Å². The van der Waals surface area contributed by atoms with Gasteiger partial charge in [0.05, 0.1) is 0 Å². The van der Waals surface area contributed by atoms with Crippen LogP contribution in [0.25, 0.3) is 33.4 Å². The van der Waals surface area contributed by atoms with Crippen molar-refractivity contribution in [1.82, 2.24) is 0 Å². The van der Waals surface area contributed by atoms with Gasteiger partial charge in [-0.25, -0.2) is 0 Å². The van der Waals surface area contributed by atoms with Gasteiger partial charge in [0, 0.05) is 39.3 Å². The van der Waals surface area contributed by atoms with Crippen molar-refractivity contribution in [3.8, 4) is 56.4 Å². The molecule has 41 heavy (non-hydrogen) atoms. The molecule has 4 N–H and O–H groups in total. The summed E-state index contributed by atoms with van der Waals surface area (Å²) in [7, 11) is 0. The molecule has 0 saturated carbocycles. The van der Waals surface area contributed by atoms with Crippen molar-refractivity contribution >= 4 is 0 Å². The molecule has 0 aromatic heterocycles. The highest BCUT2D eigenvalue weighted by Crippen LogP contribution is 2.48. The summed E-state index contributed by atoms with van der Waals surface area (Å²) in [4.78, 5) is 0. The Labute approximate surface area is 238 Å². The average molecular weight is 537 g/mol. The SMILES string of the molecule is Oc1ccccc1-c1cccc(C(c2ccc(-c3ccccc3)cc2)c2cccc(-c3ccccc3O)c2O)c1O. The standard InChI is InChI=1S/C37H28O4/c38-33-18-6-4-12-27(33)29-14-8-16-31(36(29)40)35(26-22-20-25(21-23-26)24-10-2-1-3-11-24)32-17-9-15-30(37(32)41)28-13-5-7-19-34(28)39/h1-23,35,38-41H. The van der Waals surface area contributed by atoms with E-state index >= 15 is 0 Å². The van der Waals surface area contributed by atoms with E-state index in [2.05, 4.69) is 12.1 Å². The van der Waals surface area contributed by atoms with Crippen LogP contribution >= 0.6 is 0 Å². The summed E-state index contributed by atoms with van der Waals surface area (Å²) >= 11 is 0. The number of phenolic OH excluding ortho intramolecular Hbond substituents is 4. The summed E-state index contributed by atoms with van der Waals surface area (Å²) in [6.45, 7) is 0. The lowest BCUT2D eigenvalue weighted by Crippen LogP contribution is -2.05. The topological polar surface area (TPSA) is 80.9 Å². The first-order chi connectivity index (χ1) is 20.0. The maximum Gasteiger partial charge on any atom is 0.127 e. The number of para-hydroxylation sites is 4. The molecule has 0 heterocycles. The molecule has 0 radical (unpaired) electrons. The molecule has 0 spiro atoms. The molecule has 0 aliphatic rings. The third-order valence-electron chi connectivity index (χ3n) is 7.50. The lowest BCUT2D eigenvalue weighted by Gasteiger charge is -2.24. The Hall–Kier alpha value is -5.48. The van der Waals surface area contributed by atoms with Crippen molar-refractivity contribution < 1.29 is 20.4 Å². The third-order valence-corrected chi connectivity index (χ3v) is 7.50. The van der Waals surface area contributed by atoms with Crippen LogP contribution in [-0.2, 0) is 0 Å². The van der Waals surface area contributed by atoms with Gasteiger partial charge in [0.2, 0.25) is 0 Å². The van der Waals surface area contributed by atoms with Crippen molar-refractivity contribution in [3.05, 3.63) is 156 Å². The summed E-state index contributed by atoms with van der Waals surface area (Å²) in [5, 5.41) is 44.5. The predicted octanol–water partition coefficient (Wildman–Crippen LogP) is 8.69. The van der Waals surface area contributed by atoms with Crippen LogP contribution in [0.1, 0.15) is 22.6 Å². The molecule has 6 aromatic rings. The number of hydrogen-bond donors (Lipinski definition) is 4. The third kappa shape index (κ3) is 4.88. The summed E-state index contributed by atoms with van der Waals surface area (Å²) in [6.07, 6.45) is 0. The van der Waals surface area contributed by atoms with E-state index in [1.165, 1.54) is 0 Å². The number of aromatic hydroxyl groups is 4. The molecule has 0 saturated heterocycles. The number of phenols is 4. The maximum absolute atomic E-state index is 11.7. The van der Waals surface area contributed by atoms with Gasteiger partial charge in [0.25, 0.3) is 0 Å². The molecule has 0 aliphatic heterocycles. The summed E-state index contributed by atoms with van der Waals surface area (Å²) in [5.41, 5.74) is 6.14. The van der Waals surface area contributed by atoms with Crippen LogP contribution in [0.5, 0.6) is 23.0 Å². The molecule has 4 nitrogen and oxygen atoms in total. The highest BCUT2D eigenvalue weighted by atomic mass is 16.3. The van der Waals surface area contributed by atoms with Gasteiger partial charge in [-0.3, -0.25) is 0 Å². The summed E-state index contributed by atoms with van der Waals surface area (Å²) < 4.78 is 0. The summed E-state index contributed by atoms with van der Waals surface area (Å²) in [6, 6.07) is 42.8. The normalized spacial score (nSPS) is 11.0. The Balaban J connectivity index is 1.56. The molecule has 200 valence electrons. The van der Waals surface area contributed by atoms with Gasteiger partial charge in [0.1, 0.15) is 23.0 Å². The Morgan fingerprint density at radius 3 is 1.24 bits per heavy atom. The zero-order chi connectivity index (χ0) is 28.3. The summed E-state index contributed by atoms with van der Waals surface area (Å²) in [5.74, 6) is -0.408. The Bertz CT molecular complexity index is 1730. The minimum atomic E-state index is -0.559. The van der Waals surface area contributed by atoms with E-state index < -0.39 is 5.92 Å². The smallest absolute Gasteiger partial charge is 0.127 e. The van der Waals surface area contributed by atoms with Gasteiger partial charge in [-0.1, -0.05) is 127 Å². The van der Waals surface area contributed by atoms with Crippen LogP contribution < -0.4 is 0 Å². The quantitative estimate of drug-likeness (QED) is 0.161. The first kappa shape index (κ1) is 25.8. The van der Waals surface area contributed by atoms with E-state index in [9.17, 15) is 20.4 Å². The van der Waals surface area contributed by atoms with E-state index in [0.717, 1.165) is 16.7 Å². The van der Waals surface area contributed by atoms with E-state index in [4.69, 9.17) is 0 Å². The van der Waals surface area contributed by atoms with Crippen LogP contribution in [-0.4, -0.2) is 20.4 Å². The fourth-order valence-corrected chi connectivity index (χ4v) is 5.45. The molecule has 0 bridgehead atoms. The number of hydrogen-bond acceptors (Lipinski definition) is 4. The van der Waals surface area contributed by atoms with Gasteiger partial charge < -0.3 is 20.4 Å². The molecule has 0 fully saturated rings. The number of benzene rings is 6. The lowest BCUT2D eigenvalue weighted by molar-refractivity contribution is 0.457. The van der Waals surface area contributed by atoms with Crippen molar-refractivity contribution in [3.63, 3.8) is 0 Å². The van der Waals surface area contributed by atoms with E-state index in [1.807, 2.05) is 78.9 Å². The maximum atomic E-state index is 11.7. The van der Waals surface area contributed by atoms with Crippen LogP contribution in [0.4, 0.5) is 0 Å². The molecule has 4 heteroatoms. The second-order valence-electron chi connectivity index (χ2n) is 9.94. The predicted molar refractivity (Wildman–Crippen MR) is 163 cm³/mol. The molecular weight excluding hydrogens is 508 g/mol. The molecule has 0 aliphatic carbocycles. The van der Waals surface area contributed by atoms with Gasteiger partial charge in [-0.2, -0.15) is 0 Å². The fourth-order valence-electron chi connectivity index (χ4n) is 5.45. The largest absolute Gasteiger partial charge is 0.507 e. The minimum Gasteiger partial charge on any atom is -0.507 e. The average Bonchev–Trinajstić information content (AvgIpc) is 3.01. The lowest BCUT2D eigenvalue weighted by atomic mass is 9.81. The van der Waals surface area contributed by atoms with Crippen molar-refractivity contribution in [2.45, 2.75) is 5.92 Å². The van der Waals surface area contributed by atoms with Gasteiger partial charge in [-0.15, -0.1) is 0 Å². The molecule has 6 aromatic carbocycles. The Morgan fingerprint density at radius 2 is 0.756 bits per heavy atom. The van der Waals surface area contributed by atoms with Crippen molar-refractivity contribution in [2.75, 3.05) is 0 Å². The van der Waals surface area contributed by atoms with Crippen LogP contribution in [0.3, 0.4) is 0 Å². The second-order valence-corrected chi connectivity index (χ2v) is 9.94. The number of rotatable bonds is 6. The molecule has 6 rings (SSSR count). The van der Waals surface area contributed by atoms with Gasteiger partial charge >= 0.3 is 0 Å². The zero-order valence-corrected chi connectivity index (χ0v) is 22.1.